The number of benzene rings is 2. The van der Waals surface area contributed by atoms with E-state index in [1.807, 2.05) is 11.0 Å². The van der Waals surface area contributed by atoms with Crippen LogP contribution in [0.25, 0.3) is 0 Å². The summed E-state index contributed by atoms with van der Waals surface area (Å²) in [7, 11) is 0. The molecule has 2 atom stereocenters. The predicted molar refractivity (Wildman–Crippen MR) is 105 cm³/mol. The second-order valence-corrected chi connectivity index (χ2v) is 8.34. The molecule has 3 fully saturated rings. The van der Waals surface area contributed by atoms with Gasteiger partial charge in [0.2, 0.25) is 0 Å². The van der Waals surface area contributed by atoms with Gasteiger partial charge in [-0.2, -0.15) is 5.26 Å². The zero-order chi connectivity index (χ0) is 21.8. The third kappa shape index (κ3) is 3.24. The zero-order valence-electron chi connectivity index (χ0n) is 16.7. The van der Waals surface area contributed by atoms with Crippen molar-refractivity contribution in [1.82, 2.24) is 4.90 Å². The molecule has 1 spiro atoms. The van der Waals surface area contributed by atoms with Crippen LogP contribution in [0, 0.1) is 28.8 Å². The Hall–Kier alpha value is -3.05. The molecular formula is C23H20F3N3O2. The molecule has 3 aliphatic heterocycles. The van der Waals surface area contributed by atoms with Gasteiger partial charge >= 0.3 is 0 Å². The van der Waals surface area contributed by atoms with Crippen LogP contribution in [0.2, 0.25) is 0 Å². The van der Waals surface area contributed by atoms with Crippen molar-refractivity contribution >= 4 is 11.6 Å². The van der Waals surface area contributed by atoms with E-state index in [4.69, 9.17) is 10.00 Å². The number of hydrogen-bond donors (Lipinski definition) is 0. The summed E-state index contributed by atoms with van der Waals surface area (Å²) in [5.74, 6) is -2.04. The number of amides is 1. The summed E-state index contributed by atoms with van der Waals surface area (Å²) in [6, 6.07) is 9.25. The Labute approximate surface area is 177 Å². The maximum absolute atomic E-state index is 14.0. The predicted octanol–water partition coefficient (Wildman–Crippen LogP) is 4.03. The Morgan fingerprint density at radius 2 is 1.74 bits per heavy atom. The van der Waals surface area contributed by atoms with Crippen LogP contribution in [0.5, 0.6) is 0 Å². The van der Waals surface area contributed by atoms with Crippen LogP contribution in [0.4, 0.5) is 18.9 Å². The average Bonchev–Trinajstić information content (AvgIpc) is 3.26. The highest BCUT2D eigenvalue weighted by Gasteiger charge is 2.58. The molecule has 0 saturated carbocycles. The van der Waals surface area contributed by atoms with Gasteiger partial charge in [-0.25, -0.2) is 13.2 Å². The number of carbonyl (C=O) groups is 1. The Balaban J connectivity index is 1.33. The van der Waals surface area contributed by atoms with Crippen LogP contribution in [-0.4, -0.2) is 35.7 Å². The molecule has 1 amide bonds. The fourth-order valence-corrected chi connectivity index (χ4v) is 5.06. The summed E-state index contributed by atoms with van der Waals surface area (Å²) in [5, 5.41) is 8.90. The maximum atomic E-state index is 14.0. The first-order valence-corrected chi connectivity index (χ1v) is 10.3. The van der Waals surface area contributed by atoms with Gasteiger partial charge in [-0.15, -0.1) is 0 Å². The van der Waals surface area contributed by atoms with Crippen molar-refractivity contribution in [2.75, 3.05) is 18.0 Å². The second kappa shape index (κ2) is 7.27. The summed E-state index contributed by atoms with van der Waals surface area (Å²) in [6.45, 7) is 0.994. The van der Waals surface area contributed by atoms with Crippen LogP contribution >= 0.6 is 0 Å². The maximum Gasteiger partial charge on any atom is 0.257 e. The quantitative estimate of drug-likeness (QED) is 0.726. The molecule has 31 heavy (non-hydrogen) atoms. The first-order valence-electron chi connectivity index (χ1n) is 10.3. The first kappa shape index (κ1) is 19.9. The third-order valence-electron chi connectivity index (χ3n) is 6.60. The molecular weight excluding hydrogens is 407 g/mol. The molecule has 8 heteroatoms. The molecule has 3 heterocycles. The van der Waals surface area contributed by atoms with Gasteiger partial charge in [0.1, 0.15) is 29.7 Å². The Morgan fingerprint density at radius 3 is 2.39 bits per heavy atom. The fourth-order valence-electron chi connectivity index (χ4n) is 5.06. The summed E-state index contributed by atoms with van der Waals surface area (Å²) < 4.78 is 47.7. The highest BCUT2D eigenvalue weighted by atomic mass is 19.1. The highest BCUT2D eigenvalue weighted by molar-refractivity contribution is 5.88. The number of anilines is 1. The number of rotatable bonds is 2. The molecule has 0 aliphatic carbocycles. The SMILES string of the molecule is N#Cc1ccc(N2CCC3(CC2)O[C@@H]2CC[C@@H](c4cc(F)cc(F)c4)N2C3=O)cc1F. The van der Waals surface area contributed by atoms with Crippen molar-refractivity contribution in [2.45, 2.75) is 43.6 Å². The van der Waals surface area contributed by atoms with E-state index in [2.05, 4.69) is 0 Å². The summed E-state index contributed by atoms with van der Waals surface area (Å²) in [5.41, 5.74) is 0.133. The van der Waals surface area contributed by atoms with E-state index in [9.17, 15) is 18.0 Å². The average molecular weight is 427 g/mol. The lowest BCUT2D eigenvalue weighted by Crippen LogP contribution is -2.50. The number of ether oxygens (including phenoxy) is 1. The molecule has 3 saturated heterocycles. The van der Waals surface area contributed by atoms with Crippen LogP contribution in [-0.2, 0) is 9.53 Å². The molecule has 0 N–H and O–H groups in total. The lowest BCUT2D eigenvalue weighted by molar-refractivity contribution is -0.140. The molecule has 0 radical (unpaired) electrons. The number of nitriles is 1. The standard InChI is InChI=1S/C23H20F3N3O2/c24-16-9-15(10-17(25)11-16)20-3-4-21-29(20)22(30)23(31-21)5-7-28(8-6-23)18-2-1-14(13-27)19(26)12-18/h1-2,9-12,20-21H,3-8H2/t20-,21+/m0/s1. The number of piperidine rings is 1. The van der Waals surface area contributed by atoms with Gasteiger partial charge in [0.05, 0.1) is 11.6 Å². The van der Waals surface area contributed by atoms with Crippen LogP contribution < -0.4 is 4.90 Å². The Morgan fingerprint density at radius 1 is 1.03 bits per heavy atom. The van der Waals surface area contributed by atoms with E-state index in [0.717, 1.165) is 6.07 Å². The minimum atomic E-state index is -0.961. The summed E-state index contributed by atoms with van der Waals surface area (Å²) >= 11 is 0. The topological polar surface area (TPSA) is 56.6 Å². The van der Waals surface area contributed by atoms with E-state index >= 15 is 0 Å². The number of hydrogen-bond acceptors (Lipinski definition) is 4. The molecule has 2 aromatic carbocycles. The van der Waals surface area contributed by atoms with Crippen LogP contribution in [0.15, 0.2) is 36.4 Å². The minimum absolute atomic E-state index is 0.00742. The lowest BCUT2D eigenvalue weighted by Gasteiger charge is -2.38. The Bertz CT molecular complexity index is 1070. The Kier molecular flexibility index (Phi) is 4.67. The number of halogens is 3. The minimum Gasteiger partial charge on any atom is -0.371 e. The fraction of sp³-hybridized carbons (Fsp3) is 0.391. The van der Waals surface area contributed by atoms with E-state index in [0.29, 0.717) is 50.0 Å². The molecule has 5 nitrogen and oxygen atoms in total. The van der Waals surface area contributed by atoms with Gasteiger partial charge in [-0.3, -0.25) is 4.79 Å². The van der Waals surface area contributed by atoms with Gasteiger partial charge in [0.15, 0.2) is 5.60 Å². The normalized spacial score (nSPS) is 24.5. The van der Waals surface area contributed by atoms with E-state index in [-0.39, 0.29) is 11.5 Å². The second-order valence-electron chi connectivity index (χ2n) is 8.34. The molecule has 0 unspecified atom stereocenters. The van der Waals surface area contributed by atoms with Gasteiger partial charge in [0.25, 0.3) is 5.91 Å². The largest absolute Gasteiger partial charge is 0.371 e. The van der Waals surface area contributed by atoms with Gasteiger partial charge < -0.3 is 14.5 Å². The van der Waals surface area contributed by atoms with Crippen LogP contribution in [0.1, 0.15) is 42.9 Å². The third-order valence-corrected chi connectivity index (χ3v) is 6.60. The van der Waals surface area contributed by atoms with E-state index < -0.39 is 35.3 Å². The van der Waals surface area contributed by atoms with E-state index in [1.165, 1.54) is 24.3 Å². The van der Waals surface area contributed by atoms with Crippen molar-refractivity contribution in [3.63, 3.8) is 0 Å². The van der Waals surface area contributed by atoms with Crippen molar-refractivity contribution in [3.8, 4) is 6.07 Å². The molecule has 5 rings (SSSR count). The summed E-state index contributed by atoms with van der Waals surface area (Å²) in [6.07, 6.45) is 1.67. The number of fused-ring (bicyclic) bond motifs is 1. The first-order chi connectivity index (χ1) is 14.9. The molecule has 3 aliphatic rings. The highest BCUT2D eigenvalue weighted by Crippen LogP contribution is 2.48. The number of carbonyl (C=O) groups excluding carboxylic acids is 1. The van der Waals surface area contributed by atoms with Crippen molar-refractivity contribution in [1.29, 1.82) is 5.26 Å². The number of nitrogens with zero attached hydrogens (tertiary/aromatic N) is 3. The smallest absolute Gasteiger partial charge is 0.257 e. The van der Waals surface area contributed by atoms with Gasteiger partial charge in [0, 0.05) is 37.7 Å². The van der Waals surface area contributed by atoms with Gasteiger partial charge in [-0.05, 0) is 48.7 Å². The van der Waals surface area contributed by atoms with Crippen molar-refractivity contribution in [3.05, 3.63) is 65.0 Å². The summed E-state index contributed by atoms with van der Waals surface area (Å²) in [4.78, 5) is 17.0. The zero-order valence-corrected chi connectivity index (χ0v) is 16.7. The lowest BCUT2D eigenvalue weighted by atomic mass is 9.89. The molecule has 160 valence electrons. The van der Waals surface area contributed by atoms with Crippen molar-refractivity contribution < 1.29 is 22.7 Å². The van der Waals surface area contributed by atoms with Gasteiger partial charge in [-0.1, -0.05) is 0 Å². The van der Waals surface area contributed by atoms with E-state index in [1.54, 1.807) is 11.0 Å². The molecule has 0 bridgehead atoms. The molecule has 2 aromatic rings. The monoisotopic (exact) mass is 427 g/mol. The van der Waals surface area contributed by atoms with Crippen LogP contribution in [0.3, 0.4) is 0 Å². The molecule has 0 aromatic heterocycles. The van der Waals surface area contributed by atoms with Crippen molar-refractivity contribution in [2.24, 2.45) is 0 Å².